The molecule has 1 aromatic heterocycles. The van der Waals surface area contributed by atoms with Gasteiger partial charge in [-0.3, -0.25) is 9.59 Å². The Bertz CT molecular complexity index is 865. The molecule has 2 unspecified atom stereocenters. The summed E-state index contributed by atoms with van der Waals surface area (Å²) in [6.07, 6.45) is -2.91. The van der Waals surface area contributed by atoms with E-state index in [9.17, 15) is 22.8 Å². The van der Waals surface area contributed by atoms with Crippen LogP contribution in [0, 0.1) is 12.8 Å². The first-order valence-electron chi connectivity index (χ1n) is 8.33. The number of aromatic nitrogens is 1. The van der Waals surface area contributed by atoms with E-state index in [0.717, 1.165) is 17.7 Å². The molecule has 2 aromatic rings. The normalized spacial score (nSPS) is 20.0. The number of amides is 2. The number of hydrogen-bond acceptors (Lipinski definition) is 3. The second-order valence-electron chi connectivity index (χ2n) is 6.58. The summed E-state index contributed by atoms with van der Waals surface area (Å²) in [5.41, 5.74) is 0.489. The summed E-state index contributed by atoms with van der Waals surface area (Å²) in [7, 11) is 1.57. The van der Waals surface area contributed by atoms with Crippen molar-refractivity contribution < 1.29 is 22.8 Å². The van der Waals surface area contributed by atoms with Gasteiger partial charge in [-0.15, -0.1) is 0 Å². The maximum atomic E-state index is 12.8. The van der Waals surface area contributed by atoms with Crippen LogP contribution in [-0.4, -0.2) is 35.3 Å². The Kier molecular flexibility index (Phi) is 4.91. The molecule has 1 aromatic carbocycles. The van der Waals surface area contributed by atoms with Crippen molar-refractivity contribution in [2.24, 2.45) is 5.92 Å². The van der Waals surface area contributed by atoms with E-state index >= 15 is 0 Å². The van der Waals surface area contributed by atoms with Crippen molar-refractivity contribution in [3.8, 4) is 0 Å². The minimum atomic E-state index is -4.44. The van der Waals surface area contributed by atoms with Gasteiger partial charge < -0.3 is 10.2 Å². The molecule has 5 nitrogen and oxygen atoms in total. The lowest BCUT2D eigenvalue weighted by molar-refractivity contribution is -0.138. The topological polar surface area (TPSA) is 62.3 Å². The number of carbonyl (C=O) groups excluding carboxylic acids is 2. The van der Waals surface area contributed by atoms with Gasteiger partial charge in [0.05, 0.1) is 5.56 Å². The number of nitrogens with one attached hydrogen (secondary N) is 1. The smallest absolute Gasteiger partial charge is 0.344 e. The highest BCUT2D eigenvalue weighted by molar-refractivity contribution is 6.08. The van der Waals surface area contributed by atoms with Gasteiger partial charge in [-0.2, -0.15) is 13.2 Å². The number of likely N-dealkylation sites (tertiary alicyclic amines) is 1. The number of aryl methyl sites for hydroxylation is 1. The zero-order valence-electron chi connectivity index (χ0n) is 14.7. The predicted octanol–water partition coefficient (Wildman–Crippen LogP) is 3.22. The lowest BCUT2D eigenvalue weighted by Crippen LogP contribution is -2.33. The predicted molar refractivity (Wildman–Crippen MR) is 92.9 cm³/mol. The van der Waals surface area contributed by atoms with Gasteiger partial charge in [-0.1, -0.05) is 18.2 Å². The van der Waals surface area contributed by atoms with Crippen molar-refractivity contribution in [2.75, 3.05) is 18.9 Å². The van der Waals surface area contributed by atoms with E-state index in [1.165, 1.54) is 23.2 Å². The highest BCUT2D eigenvalue weighted by Crippen LogP contribution is 2.36. The number of anilines is 1. The standard InChI is InChI=1S/C19H18F3N3O2/c1-11-4-3-9-23-16(11)24-17(26)15-14(10-25(2)18(15)27)12-5-7-13(8-6-12)19(20,21)22/h3-9,14-15H,10H2,1-2H3,(H,23,24,26). The van der Waals surface area contributed by atoms with Gasteiger partial charge >= 0.3 is 6.18 Å². The molecule has 2 atom stereocenters. The molecule has 1 aliphatic heterocycles. The fourth-order valence-electron chi connectivity index (χ4n) is 3.22. The number of benzene rings is 1. The highest BCUT2D eigenvalue weighted by Gasteiger charge is 2.44. The first-order valence-corrected chi connectivity index (χ1v) is 8.33. The van der Waals surface area contributed by atoms with Crippen molar-refractivity contribution in [3.63, 3.8) is 0 Å². The zero-order valence-corrected chi connectivity index (χ0v) is 14.7. The van der Waals surface area contributed by atoms with Gasteiger partial charge in [0.15, 0.2) is 0 Å². The number of likely N-dealkylation sites (N-methyl/N-ethyl adjacent to an activating group) is 1. The number of hydrogen-bond donors (Lipinski definition) is 1. The van der Waals surface area contributed by atoms with Crippen LogP contribution in [-0.2, 0) is 15.8 Å². The summed E-state index contributed by atoms with van der Waals surface area (Å²) in [6.45, 7) is 2.03. The molecule has 0 aliphatic carbocycles. The molecule has 1 aliphatic rings. The Hall–Kier alpha value is -2.90. The molecule has 142 valence electrons. The number of carbonyl (C=O) groups is 2. The van der Waals surface area contributed by atoms with Crippen LogP contribution in [0.2, 0.25) is 0 Å². The van der Waals surface area contributed by atoms with Crippen molar-refractivity contribution >= 4 is 17.6 Å². The largest absolute Gasteiger partial charge is 0.416 e. The molecule has 8 heteroatoms. The van der Waals surface area contributed by atoms with Gasteiger partial charge in [0.25, 0.3) is 0 Å². The van der Waals surface area contributed by atoms with Crippen molar-refractivity contribution in [2.45, 2.75) is 19.0 Å². The molecule has 2 amide bonds. The maximum absolute atomic E-state index is 12.8. The maximum Gasteiger partial charge on any atom is 0.416 e. The molecule has 3 rings (SSSR count). The van der Waals surface area contributed by atoms with Crippen LogP contribution in [0.3, 0.4) is 0 Å². The number of alkyl halides is 3. The van der Waals surface area contributed by atoms with E-state index in [1.54, 1.807) is 26.1 Å². The molecule has 27 heavy (non-hydrogen) atoms. The molecule has 1 fully saturated rings. The highest BCUT2D eigenvalue weighted by atomic mass is 19.4. The number of halogens is 3. The lowest BCUT2D eigenvalue weighted by Gasteiger charge is -2.18. The summed E-state index contributed by atoms with van der Waals surface area (Å²) in [4.78, 5) is 30.8. The summed E-state index contributed by atoms with van der Waals surface area (Å²) in [6, 6.07) is 8.09. The van der Waals surface area contributed by atoms with Gasteiger partial charge in [0.2, 0.25) is 11.8 Å². The van der Waals surface area contributed by atoms with Crippen molar-refractivity contribution in [3.05, 3.63) is 59.3 Å². The third-order valence-electron chi connectivity index (χ3n) is 4.71. The number of pyridine rings is 1. The number of nitrogens with zero attached hydrogens (tertiary/aromatic N) is 2. The van der Waals surface area contributed by atoms with Gasteiger partial charge in [0.1, 0.15) is 11.7 Å². The summed E-state index contributed by atoms with van der Waals surface area (Å²) in [5.74, 6) is -2.08. The van der Waals surface area contributed by atoms with Crippen LogP contribution in [0.1, 0.15) is 22.6 Å². The van der Waals surface area contributed by atoms with Crippen molar-refractivity contribution in [1.29, 1.82) is 0 Å². The van der Waals surface area contributed by atoms with Crippen LogP contribution in [0.25, 0.3) is 0 Å². The third-order valence-corrected chi connectivity index (χ3v) is 4.71. The van der Waals surface area contributed by atoms with Gasteiger partial charge in [-0.25, -0.2) is 4.98 Å². The fourth-order valence-corrected chi connectivity index (χ4v) is 3.22. The molecule has 0 radical (unpaired) electrons. The Labute approximate surface area is 154 Å². The molecular weight excluding hydrogens is 359 g/mol. The van der Waals surface area contributed by atoms with Crippen molar-refractivity contribution in [1.82, 2.24) is 9.88 Å². The first kappa shape index (κ1) is 18.9. The van der Waals surface area contributed by atoms with Crippen LogP contribution in [0.4, 0.5) is 19.0 Å². The average molecular weight is 377 g/mol. The van der Waals surface area contributed by atoms with E-state index < -0.39 is 29.5 Å². The summed E-state index contributed by atoms with van der Waals surface area (Å²) >= 11 is 0. The second-order valence-corrected chi connectivity index (χ2v) is 6.58. The van der Waals surface area contributed by atoms with E-state index in [-0.39, 0.29) is 12.5 Å². The third kappa shape index (κ3) is 3.79. The average Bonchev–Trinajstić information content (AvgIpc) is 2.91. The molecule has 0 bridgehead atoms. The summed E-state index contributed by atoms with van der Waals surface area (Å²) < 4.78 is 38.3. The number of rotatable bonds is 3. The van der Waals surface area contributed by atoms with Gasteiger partial charge in [0, 0.05) is 25.7 Å². The minimum Gasteiger partial charge on any atom is -0.344 e. The molecule has 0 spiro atoms. The fraction of sp³-hybridized carbons (Fsp3) is 0.316. The Morgan fingerprint density at radius 2 is 1.89 bits per heavy atom. The zero-order chi connectivity index (χ0) is 19.8. The van der Waals surface area contributed by atoms with Crippen LogP contribution in [0.15, 0.2) is 42.6 Å². The molecule has 2 heterocycles. The van der Waals surface area contributed by atoms with E-state index in [4.69, 9.17) is 0 Å². The molecule has 1 N–H and O–H groups in total. The van der Waals surface area contributed by atoms with Crippen LogP contribution >= 0.6 is 0 Å². The van der Waals surface area contributed by atoms with Crippen LogP contribution in [0.5, 0.6) is 0 Å². The van der Waals surface area contributed by atoms with Crippen LogP contribution < -0.4 is 5.32 Å². The first-order chi connectivity index (χ1) is 12.7. The lowest BCUT2D eigenvalue weighted by atomic mass is 9.87. The molecule has 1 saturated heterocycles. The Morgan fingerprint density at radius 3 is 2.48 bits per heavy atom. The van der Waals surface area contributed by atoms with E-state index in [2.05, 4.69) is 10.3 Å². The van der Waals surface area contributed by atoms with E-state index in [1.807, 2.05) is 0 Å². The SMILES string of the molecule is Cc1cccnc1NC(=O)C1C(=O)N(C)CC1c1ccc(C(F)(F)F)cc1. The van der Waals surface area contributed by atoms with E-state index in [0.29, 0.717) is 11.4 Å². The molecular formula is C19H18F3N3O2. The minimum absolute atomic E-state index is 0.253. The monoisotopic (exact) mass is 377 g/mol. The molecule has 0 saturated carbocycles. The Morgan fingerprint density at radius 1 is 1.22 bits per heavy atom. The Balaban J connectivity index is 1.87. The van der Waals surface area contributed by atoms with Gasteiger partial charge in [-0.05, 0) is 36.2 Å². The quantitative estimate of drug-likeness (QED) is 0.836. The second kappa shape index (κ2) is 7.02. The summed E-state index contributed by atoms with van der Waals surface area (Å²) in [5, 5.41) is 2.66.